The lowest BCUT2D eigenvalue weighted by atomic mass is 9.96. The molecule has 1 aromatic heterocycles. The van der Waals surface area contributed by atoms with Crippen molar-refractivity contribution in [3.05, 3.63) is 60.3 Å². The van der Waals surface area contributed by atoms with E-state index in [1.807, 2.05) is 12.1 Å². The first kappa shape index (κ1) is 10.8. The molecule has 0 atom stereocenters. The summed E-state index contributed by atoms with van der Waals surface area (Å²) in [7, 11) is 0. The molecule has 0 spiro atoms. The van der Waals surface area contributed by atoms with Crippen molar-refractivity contribution in [1.29, 1.82) is 0 Å². The zero-order valence-corrected chi connectivity index (χ0v) is 10.2. The van der Waals surface area contributed by atoms with Crippen LogP contribution in [-0.4, -0.2) is 4.98 Å². The van der Waals surface area contributed by atoms with E-state index >= 15 is 0 Å². The molecule has 2 heteroatoms. The van der Waals surface area contributed by atoms with Gasteiger partial charge in [-0.2, -0.15) is 0 Å². The van der Waals surface area contributed by atoms with Crippen molar-refractivity contribution in [3.63, 3.8) is 0 Å². The lowest BCUT2D eigenvalue weighted by Gasteiger charge is -2.10. The molecule has 0 bridgehead atoms. The number of hydrogen-bond acceptors (Lipinski definition) is 2. The van der Waals surface area contributed by atoms with Gasteiger partial charge in [-0.15, -0.1) is 0 Å². The molecule has 0 aliphatic rings. The molecule has 2 nitrogen and oxygen atoms in total. The van der Waals surface area contributed by atoms with Gasteiger partial charge in [0, 0.05) is 11.8 Å². The fraction of sp³-hybridized carbons (Fsp3) is 0.0625. The van der Waals surface area contributed by atoms with Gasteiger partial charge >= 0.3 is 0 Å². The molecule has 0 radical (unpaired) electrons. The van der Waals surface area contributed by atoms with Crippen molar-refractivity contribution >= 4 is 16.6 Å². The highest BCUT2D eigenvalue weighted by atomic mass is 14.8. The van der Waals surface area contributed by atoms with Crippen molar-refractivity contribution in [1.82, 2.24) is 4.98 Å². The van der Waals surface area contributed by atoms with Gasteiger partial charge in [0.2, 0.25) is 0 Å². The van der Waals surface area contributed by atoms with Crippen molar-refractivity contribution in [3.8, 4) is 11.1 Å². The van der Waals surface area contributed by atoms with Crippen LogP contribution in [0.25, 0.3) is 21.9 Å². The van der Waals surface area contributed by atoms with E-state index in [1.54, 1.807) is 6.20 Å². The number of aryl methyl sites for hydroxylation is 1. The van der Waals surface area contributed by atoms with Gasteiger partial charge in [0.25, 0.3) is 0 Å². The highest BCUT2D eigenvalue weighted by Crippen LogP contribution is 2.32. The third-order valence-electron chi connectivity index (χ3n) is 3.27. The van der Waals surface area contributed by atoms with Gasteiger partial charge in [-0.1, -0.05) is 36.4 Å². The Morgan fingerprint density at radius 2 is 1.61 bits per heavy atom. The molecule has 2 aromatic carbocycles. The van der Waals surface area contributed by atoms with Crippen molar-refractivity contribution in [2.45, 2.75) is 6.92 Å². The summed E-state index contributed by atoms with van der Waals surface area (Å²) in [6.07, 6.45) is 1.72. The van der Waals surface area contributed by atoms with Crippen molar-refractivity contribution in [2.24, 2.45) is 0 Å². The summed E-state index contributed by atoms with van der Waals surface area (Å²) in [6, 6.07) is 16.6. The van der Waals surface area contributed by atoms with Crippen molar-refractivity contribution < 1.29 is 0 Å². The molecule has 1 heterocycles. The molecule has 0 amide bonds. The van der Waals surface area contributed by atoms with Gasteiger partial charge in [-0.05, 0) is 41.0 Å². The third-order valence-corrected chi connectivity index (χ3v) is 3.27. The van der Waals surface area contributed by atoms with Crippen LogP contribution in [0.3, 0.4) is 0 Å². The number of anilines is 1. The average molecular weight is 234 g/mol. The van der Waals surface area contributed by atoms with Gasteiger partial charge in [0.15, 0.2) is 0 Å². The molecule has 0 aliphatic carbocycles. The highest BCUT2D eigenvalue weighted by Gasteiger charge is 2.08. The summed E-state index contributed by atoms with van der Waals surface area (Å²) < 4.78 is 0. The quantitative estimate of drug-likeness (QED) is 0.695. The van der Waals surface area contributed by atoms with Crippen LogP contribution in [0, 0.1) is 6.92 Å². The SMILES string of the molecule is Cc1ccc(-c2cccnc2N)c2ccccc12. The molecular formula is C16H14N2. The first-order chi connectivity index (χ1) is 8.77. The van der Waals surface area contributed by atoms with E-state index in [4.69, 9.17) is 5.73 Å². The Kier molecular flexibility index (Phi) is 2.49. The molecule has 0 saturated carbocycles. The molecule has 3 rings (SSSR count). The molecule has 0 aliphatic heterocycles. The van der Waals surface area contributed by atoms with Crippen LogP contribution in [0.5, 0.6) is 0 Å². The largest absolute Gasteiger partial charge is 0.383 e. The number of aromatic nitrogens is 1. The van der Waals surface area contributed by atoms with E-state index in [2.05, 4.69) is 48.3 Å². The van der Waals surface area contributed by atoms with Gasteiger partial charge in [0.1, 0.15) is 5.82 Å². The number of pyridine rings is 1. The standard InChI is InChI=1S/C16H14N2/c1-11-8-9-14(13-6-3-2-5-12(11)13)15-7-4-10-18-16(15)17/h2-10H,1H3,(H2,17,18). The number of rotatable bonds is 1. The maximum absolute atomic E-state index is 5.97. The van der Waals surface area contributed by atoms with E-state index in [0.717, 1.165) is 11.1 Å². The highest BCUT2D eigenvalue weighted by molar-refractivity contribution is 6.00. The van der Waals surface area contributed by atoms with E-state index in [-0.39, 0.29) is 0 Å². The first-order valence-corrected chi connectivity index (χ1v) is 5.96. The lowest BCUT2D eigenvalue weighted by Crippen LogP contribution is -1.94. The second kappa shape index (κ2) is 4.15. The zero-order chi connectivity index (χ0) is 12.5. The third kappa shape index (κ3) is 1.63. The number of benzene rings is 2. The minimum absolute atomic E-state index is 0.575. The molecule has 0 saturated heterocycles. The van der Waals surface area contributed by atoms with Gasteiger partial charge in [0.05, 0.1) is 0 Å². The van der Waals surface area contributed by atoms with Crippen LogP contribution in [0.1, 0.15) is 5.56 Å². The predicted molar refractivity (Wildman–Crippen MR) is 76.3 cm³/mol. The number of nitrogens with zero attached hydrogens (tertiary/aromatic N) is 1. The van der Waals surface area contributed by atoms with E-state index in [1.165, 1.54) is 16.3 Å². The number of hydrogen-bond donors (Lipinski definition) is 1. The first-order valence-electron chi connectivity index (χ1n) is 5.96. The summed E-state index contributed by atoms with van der Waals surface area (Å²) in [5.74, 6) is 0.575. The maximum Gasteiger partial charge on any atom is 0.131 e. The minimum atomic E-state index is 0.575. The monoisotopic (exact) mass is 234 g/mol. The molecule has 0 unspecified atom stereocenters. The Hall–Kier alpha value is -2.35. The fourth-order valence-corrected chi connectivity index (χ4v) is 2.33. The van der Waals surface area contributed by atoms with Gasteiger partial charge in [-0.25, -0.2) is 4.98 Å². The maximum atomic E-state index is 5.97. The molecule has 3 aromatic rings. The Morgan fingerprint density at radius 1 is 0.833 bits per heavy atom. The molecule has 2 N–H and O–H groups in total. The van der Waals surface area contributed by atoms with Crippen LogP contribution in [0.15, 0.2) is 54.7 Å². The number of fused-ring (bicyclic) bond motifs is 1. The molecule has 88 valence electrons. The molecule has 0 fully saturated rings. The van der Waals surface area contributed by atoms with Crippen LogP contribution >= 0.6 is 0 Å². The normalized spacial score (nSPS) is 10.7. The number of nitrogens with two attached hydrogens (primary N) is 1. The summed E-state index contributed by atoms with van der Waals surface area (Å²) in [6.45, 7) is 2.12. The molecule has 18 heavy (non-hydrogen) atoms. The second-order valence-electron chi connectivity index (χ2n) is 4.41. The van der Waals surface area contributed by atoms with Crippen LogP contribution in [0.4, 0.5) is 5.82 Å². The van der Waals surface area contributed by atoms with Crippen LogP contribution in [-0.2, 0) is 0 Å². The Morgan fingerprint density at radius 3 is 2.39 bits per heavy atom. The van der Waals surface area contributed by atoms with E-state index < -0.39 is 0 Å². The summed E-state index contributed by atoms with van der Waals surface area (Å²) in [5.41, 5.74) is 9.38. The van der Waals surface area contributed by atoms with Gasteiger partial charge < -0.3 is 5.73 Å². The Balaban J connectivity index is 2.38. The van der Waals surface area contributed by atoms with E-state index in [9.17, 15) is 0 Å². The summed E-state index contributed by atoms with van der Waals surface area (Å²) in [5, 5.41) is 2.48. The van der Waals surface area contributed by atoms with Crippen LogP contribution in [0.2, 0.25) is 0 Å². The topological polar surface area (TPSA) is 38.9 Å². The summed E-state index contributed by atoms with van der Waals surface area (Å²) in [4.78, 5) is 4.16. The fourth-order valence-electron chi connectivity index (χ4n) is 2.33. The van der Waals surface area contributed by atoms with E-state index in [0.29, 0.717) is 5.82 Å². The lowest BCUT2D eigenvalue weighted by molar-refractivity contribution is 1.34. The average Bonchev–Trinajstić information content (AvgIpc) is 2.41. The Labute approximate surface area is 106 Å². The minimum Gasteiger partial charge on any atom is -0.383 e. The smallest absolute Gasteiger partial charge is 0.131 e. The Bertz CT molecular complexity index is 717. The van der Waals surface area contributed by atoms with Crippen LogP contribution < -0.4 is 5.73 Å². The van der Waals surface area contributed by atoms with Crippen molar-refractivity contribution in [2.75, 3.05) is 5.73 Å². The predicted octanol–water partition coefficient (Wildman–Crippen LogP) is 3.79. The zero-order valence-electron chi connectivity index (χ0n) is 10.2. The second-order valence-corrected chi connectivity index (χ2v) is 4.41. The number of nitrogen functional groups attached to an aromatic ring is 1. The summed E-state index contributed by atoms with van der Waals surface area (Å²) >= 11 is 0. The van der Waals surface area contributed by atoms with Gasteiger partial charge in [-0.3, -0.25) is 0 Å². The molecular weight excluding hydrogens is 220 g/mol.